The lowest BCUT2D eigenvalue weighted by atomic mass is 10.0. The minimum Gasteiger partial charge on any atom is -0.491 e. The van der Waals surface area contributed by atoms with Crippen molar-refractivity contribution in [2.75, 3.05) is 32.2 Å². The minimum atomic E-state index is -0.803. The zero-order chi connectivity index (χ0) is 21.1. The number of amides is 1. The average Bonchev–Trinajstić information content (AvgIpc) is 2.75. The van der Waals surface area contributed by atoms with Gasteiger partial charge in [-0.2, -0.15) is 5.26 Å². The van der Waals surface area contributed by atoms with Gasteiger partial charge in [-0.15, -0.1) is 0 Å². The first-order chi connectivity index (χ1) is 14.1. The number of methoxy groups -OCH3 is 1. The van der Waals surface area contributed by atoms with Crippen molar-refractivity contribution in [2.24, 2.45) is 0 Å². The molecule has 0 aliphatic rings. The summed E-state index contributed by atoms with van der Waals surface area (Å²) >= 11 is 0. The molecule has 0 bridgehead atoms. The molecule has 8 heteroatoms. The van der Waals surface area contributed by atoms with Crippen LogP contribution in [0.3, 0.4) is 0 Å². The summed E-state index contributed by atoms with van der Waals surface area (Å²) in [6.07, 6.45) is -1.84. The monoisotopic (exact) mass is 400 g/mol. The van der Waals surface area contributed by atoms with Crippen LogP contribution < -0.4 is 10.1 Å². The lowest BCUT2D eigenvalue weighted by molar-refractivity contribution is -0.0306. The van der Waals surface area contributed by atoms with Gasteiger partial charge in [0, 0.05) is 25.8 Å². The maximum absolute atomic E-state index is 12.5. The number of carbonyl (C=O) groups excluding carboxylic acids is 1. The molecule has 0 aliphatic carbocycles. The predicted molar refractivity (Wildman–Crippen MR) is 106 cm³/mol. The van der Waals surface area contributed by atoms with E-state index in [1.54, 1.807) is 48.5 Å². The molecule has 2 atom stereocenters. The van der Waals surface area contributed by atoms with Crippen molar-refractivity contribution in [1.82, 2.24) is 0 Å². The third kappa shape index (κ3) is 6.76. The zero-order valence-corrected chi connectivity index (χ0v) is 16.1. The largest absolute Gasteiger partial charge is 0.491 e. The molecule has 2 rings (SSSR count). The SMILES string of the molecule is CO[C@@H](CCO)[C@@H](OC(=O)Nc1ccc(C#N)cc1)c1cccc(OCCO)c1. The molecule has 2 aromatic carbocycles. The Balaban J connectivity index is 2.19. The number of nitriles is 1. The zero-order valence-electron chi connectivity index (χ0n) is 16.1. The summed E-state index contributed by atoms with van der Waals surface area (Å²) in [7, 11) is 1.47. The molecular weight excluding hydrogens is 376 g/mol. The molecule has 0 saturated carbocycles. The molecule has 2 aromatic rings. The van der Waals surface area contributed by atoms with E-state index in [2.05, 4.69) is 5.32 Å². The third-order valence-corrected chi connectivity index (χ3v) is 4.10. The molecular formula is C21H24N2O6. The number of benzene rings is 2. The van der Waals surface area contributed by atoms with Gasteiger partial charge in [-0.05, 0) is 42.0 Å². The van der Waals surface area contributed by atoms with Crippen LogP contribution in [0.1, 0.15) is 23.7 Å². The number of hydrogen-bond acceptors (Lipinski definition) is 7. The maximum atomic E-state index is 12.5. The highest BCUT2D eigenvalue weighted by atomic mass is 16.6. The molecule has 154 valence electrons. The highest BCUT2D eigenvalue weighted by molar-refractivity contribution is 5.84. The van der Waals surface area contributed by atoms with Gasteiger partial charge < -0.3 is 24.4 Å². The van der Waals surface area contributed by atoms with E-state index in [9.17, 15) is 9.90 Å². The predicted octanol–water partition coefficient (Wildman–Crippen LogP) is 2.62. The molecule has 0 aromatic heterocycles. The molecule has 1 amide bonds. The molecule has 0 unspecified atom stereocenters. The van der Waals surface area contributed by atoms with E-state index in [0.717, 1.165) is 0 Å². The van der Waals surface area contributed by atoms with Crippen molar-refractivity contribution >= 4 is 11.8 Å². The number of hydrogen-bond donors (Lipinski definition) is 3. The normalized spacial score (nSPS) is 12.5. The Labute approximate surface area is 169 Å². The van der Waals surface area contributed by atoms with Crippen LogP contribution in [0.4, 0.5) is 10.5 Å². The van der Waals surface area contributed by atoms with Crippen LogP contribution in [-0.2, 0) is 9.47 Å². The molecule has 29 heavy (non-hydrogen) atoms. The number of nitrogens with one attached hydrogen (secondary N) is 1. The molecule has 0 spiro atoms. The number of nitrogens with zero attached hydrogens (tertiary/aromatic N) is 1. The molecule has 0 fully saturated rings. The first-order valence-corrected chi connectivity index (χ1v) is 9.06. The summed E-state index contributed by atoms with van der Waals surface area (Å²) in [5, 5.41) is 29.7. The Kier molecular flexibility index (Phi) is 8.92. The first kappa shape index (κ1) is 22.2. The highest BCUT2D eigenvalue weighted by Gasteiger charge is 2.27. The fourth-order valence-electron chi connectivity index (χ4n) is 2.71. The average molecular weight is 400 g/mol. The maximum Gasteiger partial charge on any atom is 0.412 e. The van der Waals surface area contributed by atoms with Crippen LogP contribution in [-0.4, -0.2) is 49.3 Å². The summed E-state index contributed by atoms with van der Waals surface area (Å²) in [4.78, 5) is 12.5. The second kappa shape index (κ2) is 11.7. The van der Waals surface area contributed by atoms with E-state index < -0.39 is 18.3 Å². The fourth-order valence-corrected chi connectivity index (χ4v) is 2.71. The van der Waals surface area contributed by atoms with Gasteiger partial charge in [-0.3, -0.25) is 5.32 Å². The van der Waals surface area contributed by atoms with Crippen molar-refractivity contribution < 1.29 is 29.2 Å². The van der Waals surface area contributed by atoms with Gasteiger partial charge in [0.15, 0.2) is 6.10 Å². The van der Waals surface area contributed by atoms with E-state index in [0.29, 0.717) is 22.6 Å². The van der Waals surface area contributed by atoms with Gasteiger partial charge in [-0.25, -0.2) is 4.79 Å². The van der Waals surface area contributed by atoms with Gasteiger partial charge in [0.2, 0.25) is 0 Å². The third-order valence-electron chi connectivity index (χ3n) is 4.10. The van der Waals surface area contributed by atoms with Crippen LogP contribution in [0.2, 0.25) is 0 Å². The van der Waals surface area contributed by atoms with Crippen LogP contribution in [0.5, 0.6) is 5.75 Å². The van der Waals surface area contributed by atoms with Crippen LogP contribution in [0.25, 0.3) is 0 Å². The number of aliphatic hydroxyl groups is 2. The first-order valence-electron chi connectivity index (χ1n) is 9.06. The molecule has 0 saturated heterocycles. The Morgan fingerprint density at radius 1 is 1.17 bits per heavy atom. The van der Waals surface area contributed by atoms with Gasteiger partial charge >= 0.3 is 6.09 Å². The quantitative estimate of drug-likeness (QED) is 0.560. The number of carbonyl (C=O) groups is 1. The topological polar surface area (TPSA) is 121 Å². The second-order valence-corrected chi connectivity index (χ2v) is 6.07. The molecule has 3 N–H and O–H groups in total. The molecule has 0 radical (unpaired) electrons. The second-order valence-electron chi connectivity index (χ2n) is 6.07. The van der Waals surface area contributed by atoms with Crippen molar-refractivity contribution in [2.45, 2.75) is 18.6 Å². The summed E-state index contributed by atoms with van der Waals surface area (Å²) in [5.74, 6) is 0.511. The molecule has 0 heterocycles. The summed E-state index contributed by atoms with van der Waals surface area (Å²) in [6, 6.07) is 15.3. The van der Waals surface area contributed by atoms with E-state index in [-0.39, 0.29) is 26.2 Å². The lowest BCUT2D eigenvalue weighted by Gasteiger charge is -2.26. The van der Waals surface area contributed by atoms with Crippen molar-refractivity contribution in [1.29, 1.82) is 5.26 Å². The standard InChI is InChI=1S/C21H24N2O6/c1-27-19(9-10-24)20(16-3-2-4-18(13-16)28-12-11-25)29-21(26)23-17-7-5-15(14-22)6-8-17/h2-8,13,19-20,24-25H,9-12H2,1H3,(H,23,26)/t19-,20-/m0/s1. The Hall–Kier alpha value is -3.12. The Morgan fingerprint density at radius 3 is 2.55 bits per heavy atom. The Morgan fingerprint density at radius 2 is 1.93 bits per heavy atom. The van der Waals surface area contributed by atoms with Gasteiger partial charge in [-0.1, -0.05) is 12.1 Å². The fraction of sp³-hybridized carbons (Fsp3) is 0.333. The van der Waals surface area contributed by atoms with E-state index in [1.807, 2.05) is 6.07 Å². The van der Waals surface area contributed by atoms with Crippen molar-refractivity contribution in [3.05, 3.63) is 59.7 Å². The summed E-state index contributed by atoms with van der Waals surface area (Å²) in [6.45, 7) is -0.128. The molecule has 8 nitrogen and oxygen atoms in total. The number of aliphatic hydroxyl groups excluding tert-OH is 2. The summed E-state index contributed by atoms with van der Waals surface area (Å²) < 4.78 is 16.5. The minimum absolute atomic E-state index is 0.123. The van der Waals surface area contributed by atoms with Gasteiger partial charge in [0.1, 0.15) is 18.5 Å². The van der Waals surface area contributed by atoms with E-state index in [4.69, 9.17) is 24.6 Å². The van der Waals surface area contributed by atoms with Crippen molar-refractivity contribution in [3.8, 4) is 11.8 Å². The van der Waals surface area contributed by atoms with Gasteiger partial charge in [0.25, 0.3) is 0 Å². The van der Waals surface area contributed by atoms with Crippen LogP contribution in [0, 0.1) is 11.3 Å². The van der Waals surface area contributed by atoms with Crippen LogP contribution >= 0.6 is 0 Å². The lowest BCUT2D eigenvalue weighted by Crippen LogP contribution is -2.29. The van der Waals surface area contributed by atoms with Crippen LogP contribution in [0.15, 0.2) is 48.5 Å². The number of anilines is 1. The summed E-state index contributed by atoms with van der Waals surface area (Å²) in [5.41, 5.74) is 1.57. The Bertz CT molecular complexity index is 819. The number of rotatable bonds is 10. The number of ether oxygens (including phenoxy) is 3. The molecule has 0 aliphatic heterocycles. The van der Waals surface area contributed by atoms with Crippen molar-refractivity contribution in [3.63, 3.8) is 0 Å². The van der Waals surface area contributed by atoms with E-state index >= 15 is 0 Å². The van der Waals surface area contributed by atoms with Gasteiger partial charge in [0.05, 0.1) is 18.2 Å². The van der Waals surface area contributed by atoms with E-state index in [1.165, 1.54) is 7.11 Å². The smallest absolute Gasteiger partial charge is 0.412 e. The highest BCUT2D eigenvalue weighted by Crippen LogP contribution is 2.29.